The molecule has 9 nitrogen and oxygen atoms in total. The molecule has 0 atom stereocenters. The number of aromatic nitrogens is 5. The first kappa shape index (κ1) is 25.4. The van der Waals surface area contributed by atoms with E-state index in [9.17, 15) is 4.79 Å². The Balaban J connectivity index is 1.34. The van der Waals surface area contributed by atoms with Gasteiger partial charge in [0.05, 0.1) is 47.5 Å². The van der Waals surface area contributed by atoms with E-state index in [1.54, 1.807) is 16.8 Å². The van der Waals surface area contributed by atoms with E-state index in [0.717, 1.165) is 28.0 Å². The number of carbonyl (C=O) groups excluding carboxylic acids is 1. The zero-order valence-electron chi connectivity index (χ0n) is 22.4. The molecule has 0 saturated heterocycles. The summed E-state index contributed by atoms with van der Waals surface area (Å²) in [6.07, 6.45) is 3.35. The molecule has 0 unspecified atom stereocenters. The molecule has 9 heteroatoms. The van der Waals surface area contributed by atoms with Gasteiger partial charge in [0.1, 0.15) is 23.7 Å². The van der Waals surface area contributed by atoms with Gasteiger partial charge in [-0.05, 0) is 65.0 Å². The fourth-order valence-corrected chi connectivity index (χ4v) is 4.40. The number of nitrogens with zero attached hydrogens (tertiary/aromatic N) is 5. The second kappa shape index (κ2) is 10.3. The summed E-state index contributed by atoms with van der Waals surface area (Å²) >= 11 is 0. The zero-order chi connectivity index (χ0) is 26.9. The van der Waals surface area contributed by atoms with Crippen molar-refractivity contribution in [3.05, 3.63) is 83.7 Å². The van der Waals surface area contributed by atoms with Crippen molar-refractivity contribution in [2.45, 2.75) is 46.8 Å². The first-order chi connectivity index (χ1) is 18.2. The van der Waals surface area contributed by atoms with Gasteiger partial charge in [0.2, 0.25) is 0 Å². The third-order valence-corrected chi connectivity index (χ3v) is 6.06. The van der Waals surface area contributed by atoms with E-state index in [1.807, 2.05) is 87.8 Å². The van der Waals surface area contributed by atoms with Crippen LogP contribution in [-0.2, 0) is 11.3 Å². The van der Waals surface area contributed by atoms with E-state index in [0.29, 0.717) is 42.5 Å². The number of carbonyl (C=O) groups is 1. The van der Waals surface area contributed by atoms with Gasteiger partial charge in [-0.1, -0.05) is 12.1 Å². The maximum atomic E-state index is 13.3. The summed E-state index contributed by atoms with van der Waals surface area (Å²) in [4.78, 5) is 22.3. The van der Waals surface area contributed by atoms with Gasteiger partial charge < -0.3 is 14.8 Å². The number of ether oxygens (including phenoxy) is 2. The van der Waals surface area contributed by atoms with Gasteiger partial charge >= 0.3 is 0 Å². The van der Waals surface area contributed by atoms with Crippen LogP contribution in [0.4, 0.5) is 5.69 Å². The van der Waals surface area contributed by atoms with Crippen LogP contribution in [0.2, 0.25) is 0 Å². The molecule has 4 aromatic heterocycles. The van der Waals surface area contributed by atoms with Crippen molar-refractivity contribution in [2.24, 2.45) is 0 Å². The van der Waals surface area contributed by atoms with Crippen LogP contribution in [0.5, 0.6) is 5.75 Å². The lowest BCUT2D eigenvalue weighted by atomic mass is 10.1. The van der Waals surface area contributed by atoms with Crippen molar-refractivity contribution < 1.29 is 14.3 Å². The monoisotopic (exact) mass is 512 g/mol. The molecular formula is C29H32N6O3. The highest BCUT2D eigenvalue weighted by Gasteiger charge is 2.17. The standard InChI is InChI=1S/C29H32N6O3/c1-19-8-6-9-21(31-19)18-35-24-11-7-10-23(27(24)20(2)33-35)32-28(36)25-17-30-26-16-22(12-13-34(25)26)37-14-15-38-29(3,4)5/h6-13,16-17H,14-15,18H2,1-5H3,(H,32,36). The maximum absolute atomic E-state index is 13.3. The number of nitrogens with one attached hydrogen (secondary N) is 1. The average molecular weight is 513 g/mol. The predicted octanol–water partition coefficient (Wildman–Crippen LogP) is 5.19. The highest BCUT2D eigenvalue weighted by Crippen LogP contribution is 2.28. The summed E-state index contributed by atoms with van der Waals surface area (Å²) < 4.78 is 15.2. The average Bonchev–Trinajstić information content (AvgIpc) is 3.42. The third kappa shape index (κ3) is 5.52. The van der Waals surface area contributed by atoms with Gasteiger partial charge in [0, 0.05) is 23.3 Å². The van der Waals surface area contributed by atoms with Crippen molar-refractivity contribution in [1.29, 1.82) is 0 Å². The smallest absolute Gasteiger partial charge is 0.274 e. The summed E-state index contributed by atoms with van der Waals surface area (Å²) in [5.41, 5.74) is 5.19. The molecule has 1 amide bonds. The molecule has 196 valence electrons. The fourth-order valence-electron chi connectivity index (χ4n) is 4.40. The summed E-state index contributed by atoms with van der Waals surface area (Å²) in [6.45, 7) is 11.4. The quantitative estimate of drug-likeness (QED) is 0.288. The summed E-state index contributed by atoms with van der Waals surface area (Å²) in [5, 5.41) is 8.69. The Kier molecular flexibility index (Phi) is 6.86. The largest absolute Gasteiger partial charge is 0.491 e. The van der Waals surface area contributed by atoms with Crippen LogP contribution in [0.15, 0.2) is 60.9 Å². The molecule has 0 aliphatic rings. The van der Waals surface area contributed by atoms with E-state index >= 15 is 0 Å². The molecule has 0 aliphatic heterocycles. The minimum atomic E-state index is -0.259. The van der Waals surface area contributed by atoms with Crippen LogP contribution in [0.25, 0.3) is 16.6 Å². The van der Waals surface area contributed by atoms with Crippen LogP contribution < -0.4 is 10.1 Å². The summed E-state index contributed by atoms with van der Waals surface area (Å²) in [5.74, 6) is 0.410. The molecule has 0 fully saturated rings. The third-order valence-electron chi connectivity index (χ3n) is 6.06. The Hall–Kier alpha value is -4.24. The Morgan fingerprint density at radius 1 is 1.05 bits per heavy atom. The number of amides is 1. The molecule has 0 radical (unpaired) electrons. The molecule has 1 aromatic carbocycles. The van der Waals surface area contributed by atoms with E-state index < -0.39 is 0 Å². The van der Waals surface area contributed by atoms with Gasteiger partial charge in [-0.3, -0.25) is 18.9 Å². The van der Waals surface area contributed by atoms with Crippen molar-refractivity contribution in [2.75, 3.05) is 18.5 Å². The Morgan fingerprint density at radius 2 is 1.87 bits per heavy atom. The van der Waals surface area contributed by atoms with Crippen molar-refractivity contribution >= 4 is 28.1 Å². The minimum absolute atomic E-state index is 0.210. The normalized spacial score (nSPS) is 11.8. The van der Waals surface area contributed by atoms with E-state index in [1.165, 1.54) is 0 Å². The molecule has 4 heterocycles. The van der Waals surface area contributed by atoms with Gasteiger partial charge in [-0.2, -0.15) is 5.10 Å². The molecule has 5 rings (SSSR count). The first-order valence-electron chi connectivity index (χ1n) is 12.6. The Labute approximate surface area is 221 Å². The molecular weight excluding hydrogens is 480 g/mol. The number of imidazole rings is 1. The maximum Gasteiger partial charge on any atom is 0.274 e. The van der Waals surface area contributed by atoms with Crippen molar-refractivity contribution in [1.82, 2.24) is 24.1 Å². The summed E-state index contributed by atoms with van der Waals surface area (Å²) in [6, 6.07) is 15.4. The zero-order valence-corrected chi connectivity index (χ0v) is 22.4. The topological polar surface area (TPSA) is 95.6 Å². The first-order valence-corrected chi connectivity index (χ1v) is 12.6. The predicted molar refractivity (Wildman–Crippen MR) is 147 cm³/mol. The number of rotatable bonds is 8. The van der Waals surface area contributed by atoms with Gasteiger partial charge in [-0.25, -0.2) is 4.98 Å². The molecule has 0 spiro atoms. The van der Waals surface area contributed by atoms with E-state index in [-0.39, 0.29) is 11.5 Å². The number of anilines is 1. The minimum Gasteiger partial charge on any atom is -0.491 e. The van der Waals surface area contributed by atoms with Gasteiger partial charge in [-0.15, -0.1) is 0 Å². The summed E-state index contributed by atoms with van der Waals surface area (Å²) in [7, 11) is 0. The SMILES string of the molecule is Cc1cccc(Cn2nc(C)c3c(NC(=O)c4cnc5cc(OCCOC(C)(C)C)ccn45)cccc32)n1. The molecule has 38 heavy (non-hydrogen) atoms. The van der Waals surface area contributed by atoms with Gasteiger partial charge in [0.15, 0.2) is 0 Å². The van der Waals surface area contributed by atoms with Crippen molar-refractivity contribution in [3.8, 4) is 5.75 Å². The Bertz CT molecular complexity index is 1610. The Morgan fingerprint density at radius 3 is 2.66 bits per heavy atom. The van der Waals surface area contributed by atoms with Crippen LogP contribution in [0, 0.1) is 13.8 Å². The number of pyridine rings is 2. The molecule has 0 aliphatic carbocycles. The van der Waals surface area contributed by atoms with Crippen LogP contribution in [0.3, 0.4) is 0 Å². The number of aryl methyl sites for hydroxylation is 2. The van der Waals surface area contributed by atoms with Crippen LogP contribution >= 0.6 is 0 Å². The second-order valence-electron chi connectivity index (χ2n) is 10.2. The molecule has 1 N–H and O–H groups in total. The number of benzene rings is 1. The van der Waals surface area contributed by atoms with Crippen LogP contribution in [0.1, 0.15) is 48.3 Å². The molecule has 0 saturated carbocycles. The number of hydrogen-bond donors (Lipinski definition) is 1. The highest BCUT2D eigenvalue weighted by molar-refractivity contribution is 6.08. The van der Waals surface area contributed by atoms with Crippen LogP contribution in [-0.4, -0.2) is 48.9 Å². The van der Waals surface area contributed by atoms with E-state index in [4.69, 9.17) is 14.6 Å². The second-order valence-corrected chi connectivity index (χ2v) is 10.2. The van der Waals surface area contributed by atoms with E-state index in [2.05, 4.69) is 15.3 Å². The molecule has 5 aromatic rings. The lowest BCUT2D eigenvalue weighted by Crippen LogP contribution is -2.22. The highest BCUT2D eigenvalue weighted by atomic mass is 16.5. The lowest BCUT2D eigenvalue weighted by molar-refractivity contribution is -0.0163. The number of fused-ring (bicyclic) bond motifs is 2. The number of hydrogen-bond acceptors (Lipinski definition) is 6. The van der Waals surface area contributed by atoms with Gasteiger partial charge in [0.25, 0.3) is 5.91 Å². The molecule has 0 bridgehead atoms. The lowest BCUT2D eigenvalue weighted by Gasteiger charge is -2.19. The fraction of sp³-hybridized carbons (Fsp3) is 0.310. The van der Waals surface area contributed by atoms with Crippen molar-refractivity contribution in [3.63, 3.8) is 0 Å².